The molecule has 3 rings (SSSR count). The Morgan fingerprint density at radius 3 is 2.71 bits per heavy atom. The second-order valence-electron chi connectivity index (χ2n) is 4.72. The van der Waals surface area contributed by atoms with Gasteiger partial charge in [-0.2, -0.15) is 5.10 Å². The molecule has 1 aromatic carbocycles. The van der Waals surface area contributed by atoms with E-state index in [-0.39, 0.29) is 0 Å². The highest BCUT2D eigenvalue weighted by Crippen LogP contribution is 2.31. The Balaban J connectivity index is 1.75. The Bertz CT molecular complexity index is 674. The molecule has 0 spiro atoms. The summed E-state index contributed by atoms with van der Waals surface area (Å²) >= 11 is 19.8. The van der Waals surface area contributed by atoms with Crippen LogP contribution in [0.4, 0.5) is 5.13 Å². The second kappa shape index (κ2) is 6.53. The average molecular weight is 361 g/mol. The Labute approximate surface area is 141 Å². The van der Waals surface area contributed by atoms with Crippen molar-refractivity contribution in [1.82, 2.24) is 4.98 Å². The van der Waals surface area contributed by atoms with Crippen molar-refractivity contribution in [3.8, 4) is 0 Å². The first-order chi connectivity index (χ1) is 10.1. The van der Waals surface area contributed by atoms with Crippen LogP contribution in [-0.2, 0) is 12.8 Å². The van der Waals surface area contributed by atoms with Crippen molar-refractivity contribution in [1.29, 1.82) is 0 Å². The molecule has 110 valence electrons. The molecule has 0 bridgehead atoms. The molecule has 7 heteroatoms. The van der Waals surface area contributed by atoms with Crippen LogP contribution in [0.25, 0.3) is 0 Å². The fourth-order valence-electron chi connectivity index (χ4n) is 2.21. The summed E-state index contributed by atoms with van der Waals surface area (Å²) in [5.74, 6) is 0. The molecule has 0 saturated carbocycles. The van der Waals surface area contributed by atoms with Gasteiger partial charge < -0.3 is 0 Å². The van der Waals surface area contributed by atoms with Gasteiger partial charge in [-0.25, -0.2) is 4.98 Å². The van der Waals surface area contributed by atoms with Crippen LogP contribution in [0.1, 0.15) is 29.0 Å². The summed E-state index contributed by atoms with van der Waals surface area (Å²) < 4.78 is 0. The van der Waals surface area contributed by atoms with E-state index in [1.165, 1.54) is 23.4 Å². The van der Waals surface area contributed by atoms with Gasteiger partial charge in [0.1, 0.15) is 0 Å². The number of halogens is 3. The molecular formula is C14H12Cl3N3S. The molecule has 1 heterocycles. The SMILES string of the molecule is Clc1ccc(Cl)c(C=NNc2nc3c(s2)CCCC3)c1Cl. The van der Waals surface area contributed by atoms with E-state index in [0.29, 0.717) is 20.6 Å². The number of aryl methyl sites for hydroxylation is 2. The highest BCUT2D eigenvalue weighted by Gasteiger charge is 2.14. The fraction of sp³-hybridized carbons (Fsp3) is 0.286. The zero-order valence-corrected chi connectivity index (χ0v) is 14.1. The number of rotatable bonds is 3. The molecule has 1 aliphatic rings. The molecule has 0 amide bonds. The smallest absolute Gasteiger partial charge is 0.203 e. The number of nitrogens with zero attached hydrogens (tertiary/aromatic N) is 2. The number of benzene rings is 1. The van der Waals surface area contributed by atoms with Gasteiger partial charge >= 0.3 is 0 Å². The van der Waals surface area contributed by atoms with Crippen LogP contribution in [0.15, 0.2) is 17.2 Å². The van der Waals surface area contributed by atoms with Gasteiger partial charge in [-0.15, -0.1) is 11.3 Å². The third-order valence-corrected chi connectivity index (χ3v) is 5.49. The summed E-state index contributed by atoms with van der Waals surface area (Å²) in [6, 6.07) is 3.35. The molecule has 21 heavy (non-hydrogen) atoms. The van der Waals surface area contributed by atoms with Gasteiger partial charge in [0, 0.05) is 10.4 Å². The number of hydrazone groups is 1. The Hall–Kier alpha value is -0.810. The number of aromatic nitrogens is 1. The van der Waals surface area contributed by atoms with Gasteiger partial charge in [0.25, 0.3) is 0 Å². The molecule has 0 radical (unpaired) electrons. The van der Waals surface area contributed by atoms with E-state index >= 15 is 0 Å². The van der Waals surface area contributed by atoms with Crippen LogP contribution >= 0.6 is 46.1 Å². The standard InChI is InChI=1S/C14H12Cl3N3S/c15-9-5-6-10(16)13(17)8(9)7-18-20-14-19-11-3-1-2-4-12(11)21-14/h5-7H,1-4H2,(H,19,20). The summed E-state index contributed by atoms with van der Waals surface area (Å²) in [6.07, 6.45) is 6.20. The first kappa shape index (κ1) is 15.1. The highest BCUT2D eigenvalue weighted by molar-refractivity contribution is 7.15. The lowest BCUT2D eigenvalue weighted by atomic mass is 10.0. The zero-order valence-electron chi connectivity index (χ0n) is 11.0. The predicted molar refractivity (Wildman–Crippen MR) is 91.4 cm³/mol. The first-order valence-corrected chi connectivity index (χ1v) is 8.51. The van der Waals surface area contributed by atoms with E-state index < -0.39 is 0 Å². The third kappa shape index (κ3) is 3.34. The van der Waals surface area contributed by atoms with Gasteiger partial charge in [0.15, 0.2) is 0 Å². The van der Waals surface area contributed by atoms with Crippen molar-refractivity contribution in [2.45, 2.75) is 25.7 Å². The van der Waals surface area contributed by atoms with E-state index in [0.717, 1.165) is 18.0 Å². The number of thiazole rings is 1. The molecule has 0 fully saturated rings. The van der Waals surface area contributed by atoms with E-state index in [1.807, 2.05) is 0 Å². The van der Waals surface area contributed by atoms with Crippen LogP contribution < -0.4 is 5.43 Å². The van der Waals surface area contributed by atoms with Crippen LogP contribution in [0.3, 0.4) is 0 Å². The summed E-state index contributed by atoms with van der Waals surface area (Å²) in [6.45, 7) is 0. The summed E-state index contributed by atoms with van der Waals surface area (Å²) in [7, 11) is 0. The molecule has 0 unspecified atom stereocenters. The lowest BCUT2D eigenvalue weighted by Gasteiger charge is -2.06. The molecule has 1 aliphatic carbocycles. The quantitative estimate of drug-likeness (QED) is 0.450. The van der Waals surface area contributed by atoms with Crippen molar-refractivity contribution >= 4 is 57.5 Å². The summed E-state index contributed by atoms with van der Waals surface area (Å²) in [4.78, 5) is 5.91. The maximum atomic E-state index is 6.11. The van der Waals surface area contributed by atoms with Crippen molar-refractivity contribution < 1.29 is 0 Å². The van der Waals surface area contributed by atoms with E-state index in [4.69, 9.17) is 34.8 Å². The lowest BCUT2D eigenvalue weighted by Crippen LogP contribution is -1.99. The normalized spacial score (nSPS) is 14.4. The van der Waals surface area contributed by atoms with Crippen molar-refractivity contribution in [3.05, 3.63) is 43.3 Å². The summed E-state index contributed by atoms with van der Waals surface area (Å²) in [5, 5.41) is 6.32. The molecule has 3 nitrogen and oxygen atoms in total. The number of hydrogen-bond acceptors (Lipinski definition) is 4. The van der Waals surface area contributed by atoms with E-state index in [9.17, 15) is 0 Å². The molecule has 0 aliphatic heterocycles. The zero-order chi connectivity index (χ0) is 14.8. The number of anilines is 1. The number of fused-ring (bicyclic) bond motifs is 1. The maximum Gasteiger partial charge on any atom is 0.203 e. The molecule has 0 saturated heterocycles. The van der Waals surface area contributed by atoms with Gasteiger partial charge in [-0.3, -0.25) is 5.43 Å². The minimum absolute atomic E-state index is 0.396. The van der Waals surface area contributed by atoms with Gasteiger partial charge in [0.2, 0.25) is 5.13 Å². The van der Waals surface area contributed by atoms with Crippen LogP contribution in [0.2, 0.25) is 15.1 Å². The average Bonchev–Trinajstić information content (AvgIpc) is 2.89. The molecule has 0 atom stereocenters. The minimum atomic E-state index is 0.396. The van der Waals surface area contributed by atoms with Gasteiger partial charge in [-0.05, 0) is 37.8 Å². The minimum Gasteiger partial charge on any atom is -0.253 e. The largest absolute Gasteiger partial charge is 0.253 e. The maximum absolute atomic E-state index is 6.11. The fourth-order valence-corrected chi connectivity index (χ4v) is 3.85. The van der Waals surface area contributed by atoms with Crippen LogP contribution in [0, 0.1) is 0 Å². The molecule has 1 aromatic heterocycles. The molecular weight excluding hydrogens is 349 g/mol. The van der Waals surface area contributed by atoms with Gasteiger partial charge in [0.05, 0.1) is 27.0 Å². The number of hydrogen-bond donors (Lipinski definition) is 1. The Morgan fingerprint density at radius 2 is 1.90 bits per heavy atom. The van der Waals surface area contributed by atoms with Gasteiger partial charge in [-0.1, -0.05) is 34.8 Å². The van der Waals surface area contributed by atoms with Crippen molar-refractivity contribution in [3.63, 3.8) is 0 Å². The third-order valence-electron chi connectivity index (χ3n) is 3.28. The van der Waals surface area contributed by atoms with Crippen molar-refractivity contribution in [2.75, 3.05) is 5.43 Å². The summed E-state index contributed by atoms with van der Waals surface area (Å²) in [5.41, 5.74) is 4.73. The lowest BCUT2D eigenvalue weighted by molar-refractivity contribution is 0.682. The second-order valence-corrected chi connectivity index (χ2v) is 7.00. The van der Waals surface area contributed by atoms with Crippen molar-refractivity contribution in [2.24, 2.45) is 5.10 Å². The van der Waals surface area contributed by atoms with Crippen LogP contribution in [-0.4, -0.2) is 11.2 Å². The topological polar surface area (TPSA) is 37.3 Å². The van der Waals surface area contributed by atoms with E-state index in [2.05, 4.69) is 15.5 Å². The monoisotopic (exact) mass is 359 g/mol. The molecule has 2 aromatic rings. The number of nitrogens with one attached hydrogen (secondary N) is 1. The first-order valence-electron chi connectivity index (χ1n) is 6.56. The Kier molecular flexibility index (Phi) is 4.69. The van der Waals surface area contributed by atoms with E-state index in [1.54, 1.807) is 29.7 Å². The predicted octanol–water partition coefficient (Wildman–Crippen LogP) is 5.43. The Morgan fingerprint density at radius 1 is 1.14 bits per heavy atom. The highest BCUT2D eigenvalue weighted by atomic mass is 35.5. The van der Waals surface area contributed by atoms with Crippen LogP contribution in [0.5, 0.6) is 0 Å². The molecule has 1 N–H and O–H groups in total.